The number of hydrogen-bond donors (Lipinski definition) is 2. The first kappa shape index (κ1) is 37.6. The first-order valence-corrected chi connectivity index (χ1v) is 19.2. The van der Waals surface area contributed by atoms with Gasteiger partial charge in [0.2, 0.25) is 10.0 Å². The zero-order chi connectivity index (χ0) is 35.1. The number of carbonyl (C=O) groups excluding carboxylic acids is 1. The number of aliphatic hydroxyl groups is 1. The molecule has 0 bridgehead atoms. The van der Waals surface area contributed by atoms with Gasteiger partial charge in [-0.25, -0.2) is 16.8 Å². The quantitative estimate of drug-likeness (QED) is 0.305. The van der Waals surface area contributed by atoms with Gasteiger partial charge in [0, 0.05) is 43.4 Å². The average molecular weight is 722 g/mol. The van der Waals surface area contributed by atoms with Crippen molar-refractivity contribution in [1.82, 2.24) is 9.21 Å². The number of aliphatic hydroxyl groups excluding tert-OH is 1. The van der Waals surface area contributed by atoms with Crippen LogP contribution < -0.4 is 9.46 Å². The molecule has 262 valence electrons. The van der Waals surface area contributed by atoms with Gasteiger partial charge in [0.25, 0.3) is 15.9 Å². The Morgan fingerprint density at radius 1 is 1.00 bits per heavy atom. The molecule has 0 saturated carbocycles. The highest BCUT2D eigenvalue weighted by Gasteiger charge is 2.32. The van der Waals surface area contributed by atoms with E-state index in [1.165, 1.54) is 64.8 Å². The second kappa shape index (κ2) is 16.5. The fourth-order valence-electron chi connectivity index (χ4n) is 5.40. The van der Waals surface area contributed by atoms with Crippen molar-refractivity contribution in [2.45, 2.75) is 68.1 Å². The van der Waals surface area contributed by atoms with E-state index in [4.69, 9.17) is 21.1 Å². The third-order valence-corrected chi connectivity index (χ3v) is 11.8. The van der Waals surface area contributed by atoms with Crippen LogP contribution in [-0.4, -0.2) is 88.7 Å². The number of ether oxygens (including phenoxy) is 2. The van der Waals surface area contributed by atoms with Gasteiger partial charge in [-0.15, -0.1) is 0 Å². The maximum Gasteiger partial charge on any atom is 0.261 e. The van der Waals surface area contributed by atoms with Gasteiger partial charge in [-0.3, -0.25) is 9.52 Å². The van der Waals surface area contributed by atoms with Gasteiger partial charge in [-0.05, 0) is 87.7 Å². The van der Waals surface area contributed by atoms with E-state index in [0.717, 1.165) is 6.42 Å². The number of amides is 1. The number of carbonyl (C=O) groups is 1. The zero-order valence-electron chi connectivity index (χ0n) is 27.6. The Bertz CT molecular complexity index is 1740. The summed E-state index contributed by atoms with van der Waals surface area (Å²) in [7, 11) is -6.31. The van der Waals surface area contributed by atoms with Gasteiger partial charge in [-0.1, -0.05) is 36.7 Å². The molecule has 4 atom stereocenters. The lowest BCUT2D eigenvalue weighted by molar-refractivity contribution is -0.00833. The first-order chi connectivity index (χ1) is 22.7. The van der Waals surface area contributed by atoms with Crippen LogP contribution in [0.15, 0.2) is 82.6 Å². The lowest BCUT2D eigenvalue weighted by Gasteiger charge is -2.35. The molecule has 0 aromatic heterocycles. The maximum absolute atomic E-state index is 14.4. The van der Waals surface area contributed by atoms with Crippen LogP contribution in [0.3, 0.4) is 0 Å². The Labute approximate surface area is 288 Å². The van der Waals surface area contributed by atoms with Crippen LogP contribution >= 0.6 is 11.6 Å². The Balaban J connectivity index is 1.68. The van der Waals surface area contributed by atoms with Gasteiger partial charge < -0.3 is 19.5 Å². The van der Waals surface area contributed by atoms with E-state index in [-0.39, 0.29) is 58.5 Å². The summed E-state index contributed by atoms with van der Waals surface area (Å²) in [5.41, 5.74) is 0.261. The molecule has 4 rings (SSSR count). The molecule has 14 heteroatoms. The van der Waals surface area contributed by atoms with Gasteiger partial charge in [-0.2, -0.15) is 4.31 Å². The highest BCUT2D eigenvalue weighted by atomic mass is 35.5. The lowest BCUT2D eigenvalue weighted by atomic mass is 10.0. The molecule has 0 unspecified atom stereocenters. The van der Waals surface area contributed by atoms with E-state index < -0.39 is 38.1 Å². The molecule has 1 amide bonds. The van der Waals surface area contributed by atoms with Crippen LogP contribution in [0.25, 0.3) is 0 Å². The summed E-state index contributed by atoms with van der Waals surface area (Å²) in [6, 6.07) is 17.7. The van der Waals surface area contributed by atoms with Gasteiger partial charge in [0.1, 0.15) is 5.75 Å². The second-order valence-electron chi connectivity index (χ2n) is 12.2. The third kappa shape index (κ3) is 9.48. The first-order valence-electron chi connectivity index (χ1n) is 15.9. The number of fused-ring (bicyclic) bond motifs is 1. The number of halogens is 1. The fraction of sp³-hybridized carbons (Fsp3) is 0.441. The van der Waals surface area contributed by atoms with Crippen molar-refractivity contribution in [2.75, 3.05) is 38.1 Å². The van der Waals surface area contributed by atoms with Gasteiger partial charge in [0.15, 0.2) is 0 Å². The van der Waals surface area contributed by atoms with Crippen LogP contribution in [0.1, 0.15) is 50.4 Å². The van der Waals surface area contributed by atoms with Crippen LogP contribution in [0, 0.1) is 5.92 Å². The monoisotopic (exact) mass is 721 g/mol. The SMILES string of the molecule is C[C@H]1CCCCO[C@H](CN(C)S(=O)(=O)c2ccccc2)[C@@H](C)CN([C@@H](C)CO)C(=O)c2cc(NS(=O)(=O)c3ccc(Cl)cc3)ccc2O1. The van der Waals surface area contributed by atoms with Crippen molar-refractivity contribution in [3.05, 3.63) is 83.4 Å². The predicted octanol–water partition coefficient (Wildman–Crippen LogP) is 5.26. The molecule has 48 heavy (non-hydrogen) atoms. The van der Waals surface area contributed by atoms with Crippen LogP contribution in [-0.2, 0) is 24.8 Å². The molecule has 3 aromatic rings. The topological polar surface area (TPSA) is 143 Å². The number of hydrogen-bond acceptors (Lipinski definition) is 8. The van der Waals surface area contributed by atoms with E-state index in [9.17, 15) is 26.7 Å². The highest BCUT2D eigenvalue weighted by molar-refractivity contribution is 7.92. The molecule has 1 aliphatic rings. The van der Waals surface area contributed by atoms with Crippen LogP contribution in [0.4, 0.5) is 5.69 Å². The number of likely N-dealkylation sites (N-methyl/N-ethyl adjacent to an activating group) is 1. The minimum absolute atomic E-state index is 0.00201. The second-order valence-corrected chi connectivity index (χ2v) is 16.3. The molecule has 0 spiro atoms. The molecule has 2 N–H and O–H groups in total. The molecule has 0 saturated heterocycles. The number of anilines is 1. The minimum atomic E-state index is -4.01. The largest absolute Gasteiger partial charge is 0.490 e. The third-order valence-electron chi connectivity index (χ3n) is 8.32. The highest BCUT2D eigenvalue weighted by Crippen LogP contribution is 2.30. The molecular formula is C34H44ClN3O8S2. The maximum atomic E-state index is 14.4. The summed E-state index contributed by atoms with van der Waals surface area (Å²) in [5, 5.41) is 10.6. The lowest BCUT2D eigenvalue weighted by Crippen LogP contribution is -2.48. The van der Waals surface area contributed by atoms with Crippen LogP contribution in [0.2, 0.25) is 5.02 Å². The summed E-state index contributed by atoms with van der Waals surface area (Å²) in [6.07, 6.45) is 1.26. The Morgan fingerprint density at radius 2 is 1.69 bits per heavy atom. The molecule has 0 fully saturated rings. The number of rotatable bonds is 9. The van der Waals surface area contributed by atoms with E-state index in [1.54, 1.807) is 31.2 Å². The Morgan fingerprint density at radius 3 is 2.35 bits per heavy atom. The predicted molar refractivity (Wildman–Crippen MR) is 185 cm³/mol. The number of sulfonamides is 2. The molecule has 0 radical (unpaired) electrons. The van der Waals surface area contributed by atoms with Crippen molar-refractivity contribution in [3.63, 3.8) is 0 Å². The Hall–Kier alpha value is -3.20. The van der Waals surface area contributed by atoms with Crippen molar-refractivity contribution >= 4 is 43.2 Å². The normalized spacial score (nSPS) is 20.8. The smallest absolute Gasteiger partial charge is 0.261 e. The summed E-state index contributed by atoms with van der Waals surface area (Å²) < 4.78 is 69.4. The molecule has 3 aromatic carbocycles. The summed E-state index contributed by atoms with van der Waals surface area (Å²) >= 11 is 5.94. The number of benzene rings is 3. The van der Waals surface area contributed by atoms with Gasteiger partial charge in [0.05, 0.1) is 40.2 Å². The van der Waals surface area contributed by atoms with Gasteiger partial charge >= 0.3 is 0 Å². The molecule has 1 aliphatic heterocycles. The molecule has 0 aliphatic carbocycles. The zero-order valence-corrected chi connectivity index (χ0v) is 30.0. The standard InChI is InChI=1S/C34H44ClN3O8S2/c1-24-21-38(25(2)23-39)34(40)31-20-28(36-47(41,42)29-16-13-27(35)14-17-29)15-18-32(31)46-26(3)10-8-9-19-45-33(24)22-37(4)48(43,44)30-11-6-5-7-12-30/h5-7,11-18,20,24-26,33,36,39H,8-10,19,21-23H2,1-4H3/t24-,25-,26-,33+/m0/s1. The minimum Gasteiger partial charge on any atom is -0.490 e. The molecule has 1 heterocycles. The number of nitrogens with one attached hydrogen (secondary N) is 1. The van der Waals surface area contributed by atoms with E-state index in [2.05, 4.69) is 4.72 Å². The Kier molecular flexibility index (Phi) is 12.9. The van der Waals surface area contributed by atoms with E-state index in [0.29, 0.717) is 24.5 Å². The molecule has 11 nitrogen and oxygen atoms in total. The fourth-order valence-corrected chi connectivity index (χ4v) is 7.78. The molecular weight excluding hydrogens is 678 g/mol. The van der Waals surface area contributed by atoms with Crippen molar-refractivity contribution in [1.29, 1.82) is 0 Å². The van der Waals surface area contributed by atoms with Crippen molar-refractivity contribution in [2.24, 2.45) is 5.92 Å². The van der Waals surface area contributed by atoms with E-state index >= 15 is 0 Å². The summed E-state index contributed by atoms with van der Waals surface area (Å²) in [5.74, 6) is -0.573. The van der Waals surface area contributed by atoms with Crippen molar-refractivity contribution in [3.8, 4) is 5.75 Å². The van der Waals surface area contributed by atoms with Crippen LogP contribution in [0.5, 0.6) is 5.75 Å². The van der Waals surface area contributed by atoms with E-state index in [1.807, 2.05) is 13.8 Å². The summed E-state index contributed by atoms with van der Waals surface area (Å²) in [4.78, 5) is 16.0. The average Bonchev–Trinajstić information content (AvgIpc) is 3.06. The van der Waals surface area contributed by atoms with Crippen molar-refractivity contribution < 1.29 is 36.2 Å². The number of nitrogens with zero attached hydrogens (tertiary/aromatic N) is 2. The summed E-state index contributed by atoms with van der Waals surface area (Å²) in [6.45, 7) is 5.66.